The van der Waals surface area contributed by atoms with Crippen molar-refractivity contribution >= 4 is 45.5 Å². The average molecular weight is 460 g/mol. The van der Waals surface area contributed by atoms with Crippen LogP contribution in [0.2, 0.25) is 0 Å². The molecule has 2 N–H and O–H groups in total. The molecular formula is C21H25LiN8O2S-2. The van der Waals surface area contributed by atoms with Crippen LogP contribution in [0.4, 0.5) is 15.6 Å². The van der Waals surface area contributed by atoms with Gasteiger partial charge in [0.1, 0.15) is 10.5 Å². The van der Waals surface area contributed by atoms with Crippen LogP contribution in [0.1, 0.15) is 30.9 Å². The summed E-state index contributed by atoms with van der Waals surface area (Å²) in [5.41, 5.74) is 9.78. The number of aromatic nitrogens is 4. The normalized spacial score (nSPS) is 15.6. The molecule has 1 aliphatic heterocycles. The minimum atomic E-state index is -0.871. The van der Waals surface area contributed by atoms with Crippen molar-refractivity contribution < 1.29 is 28.4 Å². The average Bonchev–Trinajstić information content (AvgIpc) is 3.39. The van der Waals surface area contributed by atoms with Crippen LogP contribution in [0.5, 0.6) is 0 Å². The summed E-state index contributed by atoms with van der Waals surface area (Å²) in [6.45, 7) is 9.29. The number of carbonyl (C=O) groups excluding carboxylic acids is 2. The molecule has 0 spiro atoms. The molecule has 0 radical (unpaired) electrons. The first-order valence-corrected chi connectivity index (χ1v) is 10.3. The number of hydrogen-bond acceptors (Lipinski definition) is 7. The van der Waals surface area contributed by atoms with E-state index in [1.807, 2.05) is 17.5 Å². The number of nitrogens with zero attached hydrogens (tertiary/aromatic N) is 6. The van der Waals surface area contributed by atoms with Gasteiger partial charge in [0, 0.05) is 13.2 Å². The number of allylic oxidation sites excluding steroid dienone is 1. The number of likely N-dealkylation sites (N-methyl/N-ethyl adjacent to an activating group) is 1. The predicted molar refractivity (Wildman–Crippen MR) is 125 cm³/mol. The van der Waals surface area contributed by atoms with Crippen LogP contribution < -0.4 is 24.2 Å². The third-order valence-electron chi connectivity index (χ3n) is 5.36. The monoisotopic (exact) mass is 460 g/mol. The van der Waals surface area contributed by atoms with Gasteiger partial charge < -0.3 is 27.8 Å². The van der Waals surface area contributed by atoms with Crippen molar-refractivity contribution in [1.29, 1.82) is 0 Å². The summed E-state index contributed by atoms with van der Waals surface area (Å²) in [6, 6.07) is 1.45. The summed E-state index contributed by atoms with van der Waals surface area (Å²) >= 11 is 1.21. The molecule has 0 aromatic carbocycles. The minimum Gasteiger partial charge on any atom is -0.762 e. The van der Waals surface area contributed by atoms with E-state index in [1.54, 1.807) is 33.2 Å². The maximum Gasteiger partial charge on any atom is 1.00 e. The van der Waals surface area contributed by atoms with Gasteiger partial charge in [0.25, 0.3) is 5.91 Å². The molecule has 0 unspecified atom stereocenters. The van der Waals surface area contributed by atoms with Crippen molar-refractivity contribution in [3.05, 3.63) is 61.8 Å². The third kappa shape index (κ3) is 4.44. The number of fused-ring (bicyclic) bond motifs is 1. The Morgan fingerprint density at radius 1 is 1.36 bits per heavy atom. The molecule has 0 aliphatic carbocycles. The van der Waals surface area contributed by atoms with E-state index in [-0.39, 0.29) is 44.8 Å². The second kappa shape index (κ2) is 9.47. The van der Waals surface area contributed by atoms with Gasteiger partial charge in [0.15, 0.2) is 11.5 Å². The Kier molecular flexibility index (Phi) is 7.53. The van der Waals surface area contributed by atoms with Crippen molar-refractivity contribution in [3.8, 4) is 0 Å². The van der Waals surface area contributed by atoms with Gasteiger partial charge >= 0.3 is 24.9 Å². The minimum absolute atomic E-state index is 0. The largest absolute Gasteiger partial charge is 1.00 e. The first-order chi connectivity index (χ1) is 14.6. The Labute approximate surface area is 209 Å². The maximum atomic E-state index is 12.6. The van der Waals surface area contributed by atoms with Gasteiger partial charge in [-0.1, -0.05) is 0 Å². The fourth-order valence-corrected chi connectivity index (χ4v) is 4.01. The van der Waals surface area contributed by atoms with Crippen LogP contribution in [0, 0.1) is 21.3 Å². The molecule has 4 heterocycles. The van der Waals surface area contributed by atoms with Gasteiger partial charge in [-0.2, -0.15) is 16.9 Å². The number of urea groups is 1. The number of amides is 3. The van der Waals surface area contributed by atoms with Gasteiger partial charge in [-0.15, -0.1) is 0 Å². The maximum absolute atomic E-state index is 12.6. The van der Waals surface area contributed by atoms with Gasteiger partial charge in [-0.25, -0.2) is 14.8 Å². The molecule has 1 saturated heterocycles. The predicted octanol–water partition coefficient (Wildman–Crippen LogP) is 1.09. The smallest absolute Gasteiger partial charge is 0.762 e. The van der Waals surface area contributed by atoms with Crippen molar-refractivity contribution in [3.63, 3.8) is 0 Å². The summed E-state index contributed by atoms with van der Waals surface area (Å²) in [5, 5.41) is 3.93. The van der Waals surface area contributed by atoms with Crippen LogP contribution in [0.15, 0.2) is 24.7 Å². The molecule has 0 saturated carbocycles. The molecule has 3 aromatic rings. The number of carbonyl (C=O) groups is 2. The van der Waals surface area contributed by atoms with Crippen LogP contribution in [-0.4, -0.2) is 53.1 Å². The Hall–Kier alpha value is -3.00. The molecule has 33 heavy (non-hydrogen) atoms. The van der Waals surface area contributed by atoms with Crippen molar-refractivity contribution in [2.75, 3.05) is 12.4 Å². The Balaban J connectivity index is 0.00000193. The molecule has 0 bridgehead atoms. The van der Waals surface area contributed by atoms with E-state index in [0.29, 0.717) is 33.4 Å². The van der Waals surface area contributed by atoms with Gasteiger partial charge in [-0.05, 0) is 50.3 Å². The summed E-state index contributed by atoms with van der Waals surface area (Å²) in [6.07, 6.45) is 4.66. The standard InChI is InChI=1S/C20H22N8O2S.CH3.Li/c1-11(7-21)14-8-22-17-16(23-12(2)9-27(14)17)24-15-6-13(25-31-15)10-28-18(29)20(3,4)26(5)19(28)30;;/h6-9H,1,10H2,2-5H3,(H2-,21,23,24,25);1H3;/q-2;-1;+1. The number of imide groups is 1. The molecule has 1 aliphatic rings. The second-order valence-electron chi connectivity index (χ2n) is 7.84. The van der Waals surface area contributed by atoms with E-state index in [2.05, 4.69) is 26.6 Å². The van der Waals surface area contributed by atoms with Crippen molar-refractivity contribution in [2.24, 2.45) is 0 Å². The molecule has 0 atom stereocenters. The van der Waals surface area contributed by atoms with Crippen LogP contribution >= 0.6 is 11.5 Å². The number of imidazole rings is 1. The second-order valence-corrected chi connectivity index (χ2v) is 8.64. The van der Waals surface area contributed by atoms with E-state index in [0.717, 1.165) is 5.69 Å². The Morgan fingerprint density at radius 3 is 2.67 bits per heavy atom. The zero-order valence-corrected chi connectivity index (χ0v) is 20.4. The first kappa shape index (κ1) is 26.3. The van der Waals surface area contributed by atoms with Crippen LogP contribution in [-0.2, 0) is 11.3 Å². The van der Waals surface area contributed by atoms with Gasteiger partial charge in [-0.3, -0.25) is 15.9 Å². The summed E-state index contributed by atoms with van der Waals surface area (Å²) in [5.74, 6) is 0.286. The zero-order chi connectivity index (χ0) is 22.5. The molecule has 170 valence electrons. The fourth-order valence-electron chi connectivity index (χ4n) is 3.35. The number of aryl methyl sites for hydroxylation is 1. The number of nitrogens with one attached hydrogen (secondary N) is 2. The van der Waals surface area contributed by atoms with Crippen molar-refractivity contribution in [1.82, 2.24) is 28.5 Å². The van der Waals surface area contributed by atoms with Crippen LogP contribution in [0.3, 0.4) is 0 Å². The molecule has 1 fully saturated rings. The molecule has 3 aromatic heterocycles. The SMILES string of the molecule is [CH2-]/C(=C\[NH-])c1cnc2c(Nc3cc(CN4C(=O)N(C)C(C)(C)C4=O)ns3)nc(C)cn12.[CH3-].[Li+]. The van der Waals surface area contributed by atoms with E-state index in [9.17, 15) is 9.59 Å². The summed E-state index contributed by atoms with van der Waals surface area (Å²) < 4.78 is 6.22. The Morgan fingerprint density at radius 2 is 2.06 bits per heavy atom. The molecule has 12 heteroatoms. The van der Waals surface area contributed by atoms with Gasteiger partial charge in [0.2, 0.25) is 0 Å². The number of hydrogen-bond donors (Lipinski definition) is 1. The van der Waals surface area contributed by atoms with Crippen LogP contribution in [0.25, 0.3) is 17.0 Å². The summed E-state index contributed by atoms with van der Waals surface area (Å²) in [7, 11) is 1.62. The molecule has 10 nitrogen and oxygen atoms in total. The number of rotatable bonds is 5. The molecule has 3 amide bonds. The zero-order valence-electron chi connectivity index (χ0n) is 19.6. The van der Waals surface area contributed by atoms with E-state index >= 15 is 0 Å². The topological polar surface area (TPSA) is 120 Å². The number of anilines is 2. The van der Waals surface area contributed by atoms with E-state index in [4.69, 9.17) is 5.73 Å². The molecular weight excluding hydrogens is 435 g/mol. The quantitative estimate of drug-likeness (QED) is 0.346. The van der Waals surface area contributed by atoms with Crippen molar-refractivity contribution in [2.45, 2.75) is 32.9 Å². The van der Waals surface area contributed by atoms with E-state index < -0.39 is 5.54 Å². The Bertz CT molecular complexity index is 1230. The van der Waals surface area contributed by atoms with E-state index in [1.165, 1.54) is 27.5 Å². The molecule has 4 rings (SSSR count). The fraction of sp³-hybridized carbons (Fsp3) is 0.286. The van der Waals surface area contributed by atoms with Gasteiger partial charge in [0.05, 0.1) is 17.9 Å². The summed E-state index contributed by atoms with van der Waals surface area (Å²) in [4.78, 5) is 36.6. The first-order valence-electron chi connectivity index (χ1n) is 9.50. The third-order valence-corrected chi connectivity index (χ3v) is 6.10.